The molecule has 0 saturated carbocycles. The zero-order valence-corrected chi connectivity index (χ0v) is 8.75. The summed E-state index contributed by atoms with van der Waals surface area (Å²) in [5, 5.41) is 0. The van der Waals surface area contributed by atoms with Crippen molar-refractivity contribution in [3.63, 3.8) is 0 Å². The minimum Gasteiger partial charge on any atom is -0.491 e. The smallest absolute Gasteiger partial charge is 0.230 e. The number of carbonyl (C=O) groups excluding carboxylic acids is 1. The topological polar surface area (TPSA) is 29.5 Å². The number of fused-ring (bicyclic) bond motifs is 1. The maximum absolute atomic E-state index is 11.5. The normalized spacial score (nSPS) is 15.9. The fourth-order valence-corrected chi connectivity index (χ4v) is 1.64. The highest BCUT2D eigenvalue weighted by molar-refractivity contribution is 7.80. The second kappa shape index (κ2) is 3.53. The van der Waals surface area contributed by atoms with Crippen molar-refractivity contribution in [2.75, 3.05) is 18.6 Å². The average Bonchev–Trinajstić information content (AvgIpc) is 2.30. The Morgan fingerprint density at radius 3 is 3.07 bits per heavy atom. The van der Waals surface area contributed by atoms with Gasteiger partial charge in [0.15, 0.2) is 0 Å². The molecular formula is C10H11NO2S. The van der Waals surface area contributed by atoms with Crippen molar-refractivity contribution in [1.29, 1.82) is 0 Å². The highest BCUT2D eigenvalue weighted by Crippen LogP contribution is 2.32. The van der Waals surface area contributed by atoms with Crippen molar-refractivity contribution in [2.24, 2.45) is 0 Å². The second-order valence-corrected chi connectivity index (χ2v) is 3.72. The number of hydrogen-bond acceptors (Lipinski definition) is 3. The molecule has 0 spiro atoms. The Labute approximate surface area is 88.1 Å². The van der Waals surface area contributed by atoms with Gasteiger partial charge in [-0.3, -0.25) is 4.79 Å². The molecule has 74 valence electrons. The number of benzene rings is 1. The summed E-state index contributed by atoms with van der Waals surface area (Å²) in [7, 11) is 1.75. The molecule has 0 radical (unpaired) electrons. The SMILES string of the molecule is CN1C(=O)CCOc2ccc(S)cc21. The third kappa shape index (κ3) is 1.57. The van der Waals surface area contributed by atoms with Crippen LogP contribution in [0.2, 0.25) is 0 Å². The van der Waals surface area contributed by atoms with Gasteiger partial charge in [-0.05, 0) is 18.2 Å². The number of nitrogens with zero attached hydrogens (tertiary/aromatic N) is 1. The van der Waals surface area contributed by atoms with Crippen LogP contribution >= 0.6 is 12.6 Å². The molecule has 1 heterocycles. The summed E-state index contributed by atoms with van der Waals surface area (Å²) < 4.78 is 5.45. The minimum atomic E-state index is 0.0719. The van der Waals surface area contributed by atoms with Crippen LogP contribution in [-0.2, 0) is 4.79 Å². The number of amides is 1. The summed E-state index contributed by atoms with van der Waals surface area (Å²) >= 11 is 4.23. The molecule has 0 aliphatic carbocycles. The van der Waals surface area contributed by atoms with Gasteiger partial charge in [0, 0.05) is 11.9 Å². The Balaban J connectivity index is 2.49. The number of hydrogen-bond donors (Lipinski definition) is 1. The van der Waals surface area contributed by atoms with Crippen LogP contribution in [0.5, 0.6) is 5.75 Å². The lowest BCUT2D eigenvalue weighted by Crippen LogP contribution is -2.25. The summed E-state index contributed by atoms with van der Waals surface area (Å²) in [5.74, 6) is 0.818. The zero-order chi connectivity index (χ0) is 10.1. The van der Waals surface area contributed by atoms with Gasteiger partial charge in [-0.2, -0.15) is 0 Å². The van der Waals surface area contributed by atoms with Crippen LogP contribution in [-0.4, -0.2) is 19.6 Å². The number of anilines is 1. The average molecular weight is 209 g/mol. The molecular weight excluding hydrogens is 198 g/mol. The van der Waals surface area contributed by atoms with Crippen molar-refractivity contribution in [1.82, 2.24) is 0 Å². The van der Waals surface area contributed by atoms with Crippen molar-refractivity contribution < 1.29 is 9.53 Å². The van der Waals surface area contributed by atoms with Crippen LogP contribution in [0.4, 0.5) is 5.69 Å². The van der Waals surface area contributed by atoms with Gasteiger partial charge in [0.2, 0.25) is 5.91 Å². The molecule has 2 rings (SSSR count). The van der Waals surface area contributed by atoms with Crippen LogP contribution in [0.1, 0.15) is 6.42 Å². The third-order valence-corrected chi connectivity index (χ3v) is 2.53. The summed E-state index contributed by atoms with van der Waals surface area (Å²) in [6.45, 7) is 0.447. The Morgan fingerprint density at radius 2 is 2.29 bits per heavy atom. The number of carbonyl (C=O) groups is 1. The first kappa shape index (κ1) is 9.40. The van der Waals surface area contributed by atoms with E-state index in [9.17, 15) is 4.79 Å². The molecule has 3 nitrogen and oxygen atoms in total. The predicted octanol–water partition coefficient (Wildman–Crippen LogP) is 1.72. The fourth-order valence-electron chi connectivity index (χ4n) is 1.44. The van der Waals surface area contributed by atoms with Gasteiger partial charge in [-0.25, -0.2) is 0 Å². The van der Waals surface area contributed by atoms with Gasteiger partial charge >= 0.3 is 0 Å². The molecule has 1 amide bonds. The van der Waals surface area contributed by atoms with E-state index in [0.717, 1.165) is 16.3 Å². The highest BCUT2D eigenvalue weighted by Gasteiger charge is 2.19. The van der Waals surface area contributed by atoms with Crippen LogP contribution in [0.15, 0.2) is 23.1 Å². The van der Waals surface area contributed by atoms with Crippen LogP contribution in [0, 0.1) is 0 Å². The van der Waals surface area contributed by atoms with Crippen LogP contribution in [0.3, 0.4) is 0 Å². The van der Waals surface area contributed by atoms with Gasteiger partial charge in [-0.15, -0.1) is 12.6 Å². The molecule has 4 heteroatoms. The Hall–Kier alpha value is -1.16. The van der Waals surface area contributed by atoms with E-state index >= 15 is 0 Å². The largest absolute Gasteiger partial charge is 0.491 e. The van der Waals surface area contributed by atoms with E-state index < -0.39 is 0 Å². The molecule has 0 unspecified atom stereocenters. The molecule has 0 aromatic heterocycles. The lowest BCUT2D eigenvalue weighted by atomic mass is 10.2. The standard InChI is InChI=1S/C10H11NO2S/c1-11-8-6-7(14)2-3-9(8)13-5-4-10(11)12/h2-3,6,14H,4-5H2,1H3. The first-order valence-electron chi connectivity index (χ1n) is 4.41. The quantitative estimate of drug-likeness (QED) is 0.659. The van der Waals surface area contributed by atoms with E-state index in [1.807, 2.05) is 18.2 Å². The first-order chi connectivity index (χ1) is 6.68. The predicted molar refractivity (Wildman–Crippen MR) is 57.2 cm³/mol. The van der Waals surface area contributed by atoms with Gasteiger partial charge in [0.05, 0.1) is 18.7 Å². The summed E-state index contributed by atoms with van der Waals surface area (Å²) in [4.78, 5) is 13.9. The number of rotatable bonds is 0. The molecule has 0 bridgehead atoms. The molecule has 1 aliphatic rings. The van der Waals surface area contributed by atoms with Gasteiger partial charge in [0.25, 0.3) is 0 Å². The second-order valence-electron chi connectivity index (χ2n) is 3.20. The van der Waals surface area contributed by atoms with Crippen molar-refractivity contribution in [2.45, 2.75) is 11.3 Å². The van der Waals surface area contributed by atoms with E-state index in [1.54, 1.807) is 11.9 Å². The molecule has 1 aliphatic heterocycles. The lowest BCUT2D eigenvalue weighted by molar-refractivity contribution is -0.118. The van der Waals surface area contributed by atoms with E-state index in [0.29, 0.717) is 13.0 Å². The van der Waals surface area contributed by atoms with Gasteiger partial charge in [-0.1, -0.05) is 0 Å². The fraction of sp³-hybridized carbons (Fsp3) is 0.300. The molecule has 0 N–H and O–H groups in total. The minimum absolute atomic E-state index is 0.0719. The molecule has 0 fully saturated rings. The van der Waals surface area contributed by atoms with Crippen molar-refractivity contribution in [3.8, 4) is 5.75 Å². The lowest BCUT2D eigenvalue weighted by Gasteiger charge is -2.16. The van der Waals surface area contributed by atoms with Gasteiger partial charge in [0.1, 0.15) is 5.75 Å². The number of thiol groups is 1. The maximum Gasteiger partial charge on any atom is 0.230 e. The van der Waals surface area contributed by atoms with E-state index in [4.69, 9.17) is 4.74 Å². The Morgan fingerprint density at radius 1 is 1.50 bits per heavy atom. The van der Waals surface area contributed by atoms with Crippen molar-refractivity contribution in [3.05, 3.63) is 18.2 Å². The van der Waals surface area contributed by atoms with Gasteiger partial charge < -0.3 is 9.64 Å². The van der Waals surface area contributed by atoms with Crippen molar-refractivity contribution >= 4 is 24.2 Å². The zero-order valence-electron chi connectivity index (χ0n) is 7.86. The summed E-state index contributed by atoms with van der Waals surface area (Å²) in [6.07, 6.45) is 0.424. The third-order valence-electron chi connectivity index (χ3n) is 2.25. The molecule has 0 saturated heterocycles. The summed E-state index contributed by atoms with van der Waals surface area (Å²) in [6, 6.07) is 5.53. The highest BCUT2D eigenvalue weighted by atomic mass is 32.1. The Bertz CT molecular complexity index is 378. The molecule has 1 aromatic rings. The van der Waals surface area contributed by atoms with Crippen LogP contribution < -0.4 is 9.64 Å². The maximum atomic E-state index is 11.5. The molecule has 14 heavy (non-hydrogen) atoms. The number of ether oxygens (including phenoxy) is 1. The monoisotopic (exact) mass is 209 g/mol. The first-order valence-corrected chi connectivity index (χ1v) is 4.85. The summed E-state index contributed by atoms with van der Waals surface area (Å²) in [5.41, 5.74) is 0.792. The van der Waals surface area contributed by atoms with E-state index in [-0.39, 0.29) is 5.91 Å². The molecule has 0 atom stereocenters. The van der Waals surface area contributed by atoms with E-state index in [1.165, 1.54) is 0 Å². The van der Waals surface area contributed by atoms with Crippen LogP contribution in [0.25, 0.3) is 0 Å². The molecule has 1 aromatic carbocycles. The van der Waals surface area contributed by atoms with E-state index in [2.05, 4.69) is 12.6 Å². The Kier molecular flexibility index (Phi) is 2.37.